The number of hydrogen-bond acceptors (Lipinski definition) is 4. The number of hydrogen-bond donors (Lipinski definition) is 0. The van der Waals surface area contributed by atoms with Gasteiger partial charge in [0, 0.05) is 34.9 Å². The monoisotopic (exact) mass is 452 g/mol. The first-order valence-corrected chi connectivity index (χ1v) is 11.1. The summed E-state index contributed by atoms with van der Waals surface area (Å²) in [5.41, 5.74) is 3.42. The van der Waals surface area contributed by atoms with Crippen LogP contribution in [0.25, 0.3) is 27.6 Å². The van der Waals surface area contributed by atoms with E-state index in [1.807, 2.05) is 80.9 Å². The Morgan fingerprint density at radius 3 is 2.35 bits per heavy atom. The molecule has 5 rings (SSSR count). The Morgan fingerprint density at radius 2 is 1.62 bits per heavy atom. The highest BCUT2D eigenvalue weighted by molar-refractivity contribution is 6.09. The van der Waals surface area contributed by atoms with E-state index in [2.05, 4.69) is 4.98 Å². The van der Waals surface area contributed by atoms with Gasteiger partial charge in [-0.3, -0.25) is 14.2 Å². The third kappa shape index (κ3) is 3.20. The first-order valence-electron chi connectivity index (χ1n) is 11.1. The lowest BCUT2D eigenvalue weighted by molar-refractivity contribution is 0.0970. The summed E-state index contributed by atoms with van der Waals surface area (Å²) in [6.07, 6.45) is 0. The van der Waals surface area contributed by atoms with Crippen molar-refractivity contribution in [2.24, 2.45) is 7.05 Å². The fourth-order valence-electron chi connectivity index (χ4n) is 4.72. The summed E-state index contributed by atoms with van der Waals surface area (Å²) in [7, 11) is 1.90. The number of carbonyl (C=O) groups is 1. The number of ketones is 1. The Morgan fingerprint density at radius 1 is 0.941 bits per heavy atom. The van der Waals surface area contributed by atoms with Crippen LogP contribution in [0.2, 0.25) is 0 Å². The van der Waals surface area contributed by atoms with E-state index in [-0.39, 0.29) is 12.3 Å². The number of benzene rings is 2. The number of para-hydroxylation sites is 2. The topological polar surface area (TPSA) is 78.9 Å². The summed E-state index contributed by atoms with van der Waals surface area (Å²) in [4.78, 5) is 45.3. The van der Waals surface area contributed by atoms with Crippen LogP contribution in [0.3, 0.4) is 0 Å². The number of nitrogens with zero attached hydrogens (tertiary/aromatic N) is 4. The van der Waals surface area contributed by atoms with Crippen molar-refractivity contribution in [2.75, 3.05) is 0 Å². The molecule has 0 aliphatic rings. The quantitative estimate of drug-likeness (QED) is 0.388. The maximum Gasteiger partial charge on any atom is 0.337 e. The molecular formula is C27H24N4O3. The summed E-state index contributed by atoms with van der Waals surface area (Å²) in [5.74, 6) is -0.287. The zero-order valence-corrected chi connectivity index (χ0v) is 19.5. The van der Waals surface area contributed by atoms with Crippen molar-refractivity contribution in [3.63, 3.8) is 0 Å². The lowest BCUT2D eigenvalue weighted by atomic mass is 10.1. The van der Waals surface area contributed by atoms with Gasteiger partial charge in [0.05, 0.1) is 17.6 Å². The molecule has 34 heavy (non-hydrogen) atoms. The van der Waals surface area contributed by atoms with E-state index in [0.717, 1.165) is 21.2 Å². The average Bonchev–Trinajstić information content (AvgIpc) is 3.07. The molecule has 0 atom stereocenters. The van der Waals surface area contributed by atoms with E-state index < -0.39 is 11.2 Å². The molecule has 0 spiro atoms. The van der Waals surface area contributed by atoms with E-state index in [1.54, 1.807) is 12.1 Å². The lowest BCUT2D eigenvalue weighted by Gasteiger charge is -2.15. The van der Waals surface area contributed by atoms with E-state index in [9.17, 15) is 14.4 Å². The molecule has 170 valence electrons. The molecule has 0 saturated carbocycles. The van der Waals surface area contributed by atoms with Gasteiger partial charge >= 0.3 is 5.69 Å². The fraction of sp³-hybridized carbons (Fsp3) is 0.185. The van der Waals surface area contributed by atoms with Crippen molar-refractivity contribution in [3.8, 4) is 5.69 Å². The van der Waals surface area contributed by atoms with Crippen molar-refractivity contribution >= 4 is 27.7 Å². The van der Waals surface area contributed by atoms with Crippen LogP contribution in [0.5, 0.6) is 0 Å². The standard InChI is InChI=1S/C27H24N4O3/c1-16-14-17(2)28-25-23(16)26(33)30(27(34)31(25)19-10-6-5-7-11-19)15-22(32)24-18(3)29(4)21-13-9-8-12-20(21)24/h5-14H,15H2,1-4H3. The average molecular weight is 453 g/mol. The largest absolute Gasteiger partial charge is 0.347 e. The van der Waals surface area contributed by atoms with Gasteiger partial charge in [0.25, 0.3) is 5.56 Å². The van der Waals surface area contributed by atoms with Gasteiger partial charge in [0.2, 0.25) is 0 Å². The molecule has 0 N–H and O–H groups in total. The summed E-state index contributed by atoms with van der Waals surface area (Å²) in [5, 5.41) is 1.13. The fourth-order valence-corrected chi connectivity index (χ4v) is 4.72. The zero-order valence-electron chi connectivity index (χ0n) is 19.5. The Bertz CT molecular complexity index is 1720. The number of rotatable bonds is 4. The van der Waals surface area contributed by atoms with Gasteiger partial charge in [-0.2, -0.15) is 0 Å². The van der Waals surface area contributed by atoms with Crippen LogP contribution in [0.15, 0.2) is 70.3 Å². The maximum absolute atomic E-state index is 13.7. The second-order valence-corrected chi connectivity index (χ2v) is 8.58. The molecule has 2 aromatic carbocycles. The van der Waals surface area contributed by atoms with Crippen molar-refractivity contribution < 1.29 is 4.79 Å². The van der Waals surface area contributed by atoms with Crippen LogP contribution in [0, 0.1) is 20.8 Å². The summed E-state index contributed by atoms with van der Waals surface area (Å²) < 4.78 is 4.40. The molecule has 7 nitrogen and oxygen atoms in total. The molecule has 0 saturated heterocycles. The normalized spacial score (nSPS) is 11.4. The molecule has 5 aromatic rings. The molecule has 0 aliphatic heterocycles. The molecule has 0 unspecified atom stereocenters. The van der Waals surface area contributed by atoms with Gasteiger partial charge in [0.1, 0.15) is 0 Å². The first-order chi connectivity index (χ1) is 16.3. The van der Waals surface area contributed by atoms with Gasteiger partial charge < -0.3 is 4.57 Å². The van der Waals surface area contributed by atoms with Gasteiger partial charge in [-0.05, 0) is 50.6 Å². The van der Waals surface area contributed by atoms with Gasteiger partial charge in [-0.25, -0.2) is 14.3 Å². The Balaban J connectivity index is 1.78. The second-order valence-electron chi connectivity index (χ2n) is 8.58. The highest BCUT2D eigenvalue weighted by Crippen LogP contribution is 2.25. The molecule has 3 aromatic heterocycles. The number of aromatic nitrogens is 4. The Kier molecular flexibility index (Phi) is 5.05. The van der Waals surface area contributed by atoms with Crippen molar-refractivity contribution in [2.45, 2.75) is 27.3 Å². The predicted molar refractivity (Wildman–Crippen MR) is 133 cm³/mol. The number of fused-ring (bicyclic) bond motifs is 2. The van der Waals surface area contributed by atoms with Crippen LogP contribution >= 0.6 is 0 Å². The van der Waals surface area contributed by atoms with Crippen molar-refractivity contribution in [1.29, 1.82) is 0 Å². The maximum atomic E-state index is 13.7. The number of carbonyl (C=O) groups excluding carboxylic acids is 1. The molecule has 0 aliphatic carbocycles. The lowest BCUT2D eigenvalue weighted by Crippen LogP contribution is -2.42. The minimum absolute atomic E-state index is 0.287. The van der Waals surface area contributed by atoms with E-state index in [0.29, 0.717) is 33.5 Å². The number of aryl methyl sites for hydroxylation is 3. The molecule has 3 heterocycles. The third-order valence-corrected chi connectivity index (χ3v) is 6.41. The van der Waals surface area contributed by atoms with Gasteiger partial charge in [0.15, 0.2) is 11.4 Å². The molecule has 7 heteroatoms. The van der Waals surface area contributed by atoms with Crippen LogP contribution in [-0.2, 0) is 13.6 Å². The van der Waals surface area contributed by atoms with Gasteiger partial charge in [-0.15, -0.1) is 0 Å². The highest BCUT2D eigenvalue weighted by atomic mass is 16.2. The number of Topliss-reactive ketones (excluding diaryl/α,β-unsaturated/α-hetero) is 1. The molecule has 0 amide bonds. The first kappa shape index (κ1) is 21.6. The van der Waals surface area contributed by atoms with Crippen LogP contribution in [0.1, 0.15) is 27.3 Å². The molecular weight excluding hydrogens is 428 g/mol. The minimum Gasteiger partial charge on any atom is -0.347 e. The third-order valence-electron chi connectivity index (χ3n) is 6.41. The van der Waals surface area contributed by atoms with Crippen LogP contribution < -0.4 is 11.2 Å². The van der Waals surface area contributed by atoms with Crippen LogP contribution in [-0.4, -0.2) is 24.5 Å². The van der Waals surface area contributed by atoms with Crippen molar-refractivity contribution in [1.82, 2.24) is 18.7 Å². The molecule has 0 fully saturated rings. The zero-order chi connectivity index (χ0) is 24.1. The summed E-state index contributed by atoms with van der Waals surface area (Å²) >= 11 is 0. The number of pyridine rings is 1. The minimum atomic E-state index is -0.590. The predicted octanol–water partition coefficient (Wildman–Crippen LogP) is 3.85. The van der Waals surface area contributed by atoms with Crippen molar-refractivity contribution in [3.05, 3.63) is 104 Å². The Hall–Kier alpha value is -4.26. The van der Waals surface area contributed by atoms with Crippen LogP contribution in [0.4, 0.5) is 0 Å². The SMILES string of the molecule is Cc1cc(C)c2c(=O)n(CC(=O)c3c(C)n(C)c4ccccc34)c(=O)n(-c3ccccc3)c2n1. The Labute approximate surface area is 195 Å². The highest BCUT2D eigenvalue weighted by Gasteiger charge is 2.23. The second kappa shape index (κ2) is 7.95. The van der Waals surface area contributed by atoms with E-state index in [4.69, 9.17) is 0 Å². The summed E-state index contributed by atoms with van der Waals surface area (Å²) in [6.45, 7) is 5.15. The smallest absolute Gasteiger partial charge is 0.337 e. The van der Waals surface area contributed by atoms with E-state index >= 15 is 0 Å². The molecule has 0 radical (unpaired) electrons. The van der Waals surface area contributed by atoms with E-state index in [1.165, 1.54) is 4.57 Å². The molecule has 0 bridgehead atoms. The summed E-state index contributed by atoms with van der Waals surface area (Å²) in [6, 6.07) is 18.5. The van der Waals surface area contributed by atoms with Gasteiger partial charge in [-0.1, -0.05) is 36.4 Å².